The number of ketones is 1. The molecule has 1 aliphatic carbocycles. The standard InChI is InChI=1S/C28H30FN3OS/c1-19-30-26(18-34-19)24-17-23-4-2-5-27(33)28(23)25(31-24)16-20-6-8-21(9-7-20)22-10-14-32(15-11-22)13-3-12-29/h2,4,6-9,17-18,22H,3,5,10-16H2,1H3. The van der Waals surface area contributed by atoms with Gasteiger partial charge in [0.2, 0.25) is 0 Å². The fraction of sp³-hybridized carbons (Fsp3) is 0.393. The van der Waals surface area contributed by atoms with Crippen molar-refractivity contribution in [3.05, 3.63) is 74.7 Å². The Morgan fingerprint density at radius 1 is 1.12 bits per heavy atom. The van der Waals surface area contributed by atoms with Crippen LogP contribution in [-0.4, -0.2) is 47.0 Å². The molecule has 3 aromatic rings. The first-order chi connectivity index (χ1) is 16.6. The molecule has 0 amide bonds. The highest BCUT2D eigenvalue weighted by Crippen LogP contribution is 2.31. The predicted octanol–water partition coefficient (Wildman–Crippen LogP) is 6.24. The summed E-state index contributed by atoms with van der Waals surface area (Å²) in [6.07, 6.45) is 7.91. The van der Waals surface area contributed by atoms with Crippen LogP contribution in [0.1, 0.15) is 69.4 Å². The number of piperidine rings is 1. The third-order valence-electron chi connectivity index (χ3n) is 6.90. The molecular formula is C28H30FN3OS. The quantitative estimate of drug-likeness (QED) is 0.406. The maximum Gasteiger partial charge on any atom is 0.169 e. The topological polar surface area (TPSA) is 46.1 Å². The summed E-state index contributed by atoms with van der Waals surface area (Å²) >= 11 is 1.61. The van der Waals surface area contributed by atoms with Gasteiger partial charge in [0.1, 0.15) is 0 Å². The second kappa shape index (κ2) is 10.3. The van der Waals surface area contributed by atoms with E-state index in [2.05, 4.69) is 34.1 Å². The maximum absolute atomic E-state index is 12.8. The molecule has 0 N–H and O–H groups in total. The molecule has 3 heterocycles. The fourth-order valence-corrected chi connectivity index (χ4v) is 5.69. The summed E-state index contributed by atoms with van der Waals surface area (Å²) in [5.41, 5.74) is 6.75. The molecule has 0 unspecified atom stereocenters. The first kappa shape index (κ1) is 23.1. The Kier molecular flexibility index (Phi) is 6.97. The Morgan fingerprint density at radius 3 is 2.62 bits per heavy atom. The van der Waals surface area contributed by atoms with Gasteiger partial charge in [-0.2, -0.15) is 0 Å². The van der Waals surface area contributed by atoms with Crippen LogP contribution in [0, 0.1) is 6.92 Å². The summed E-state index contributed by atoms with van der Waals surface area (Å²) in [7, 11) is 0. The summed E-state index contributed by atoms with van der Waals surface area (Å²) in [5, 5.41) is 3.03. The molecule has 6 heteroatoms. The first-order valence-corrected chi connectivity index (χ1v) is 13.0. The number of allylic oxidation sites excluding steroid dienone is 1. The summed E-state index contributed by atoms with van der Waals surface area (Å²) in [6.45, 7) is 4.72. The SMILES string of the molecule is Cc1nc(-c2cc3c(c(Cc4ccc(C5CCN(CCCF)CC5)cc4)n2)C(=O)CC=C3)cs1. The Hall–Kier alpha value is -2.70. The van der Waals surface area contributed by atoms with Gasteiger partial charge in [-0.25, -0.2) is 4.98 Å². The molecule has 34 heavy (non-hydrogen) atoms. The van der Waals surface area contributed by atoms with E-state index in [9.17, 15) is 9.18 Å². The maximum atomic E-state index is 12.8. The Morgan fingerprint density at radius 2 is 1.91 bits per heavy atom. The van der Waals surface area contributed by atoms with Gasteiger partial charge in [-0.3, -0.25) is 14.2 Å². The second-order valence-corrected chi connectivity index (χ2v) is 10.3. The van der Waals surface area contributed by atoms with E-state index >= 15 is 0 Å². The normalized spacial score (nSPS) is 16.7. The number of carbonyl (C=O) groups is 1. The number of Topliss-reactive ketones (excluding diaryl/α,β-unsaturated/α-hetero) is 1. The Bertz CT molecular complexity index is 1190. The van der Waals surface area contributed by atoms with E-state index in [1.54, 1.807) is 11.3 Å². The van der Waals surface area contributed by atoms with Gasteiger partial charge < -0.3 is 4.90 Å². The highest BCUT2D eigenvalue weighted by Gasteiger charge is 2.23. The van der Waals surface area contributed by atoms with Crippen LogP contribution in [0.25, 0.3) is 17.5 Å². The molecule has 1 fully saturated rings. The third-order valence-corrected chi connectivity index (χ3v) is 7.68. The van der Waals surface area contributed by atoms with Gasteiger partial charge in [-0.15, -0.1) is 11.3 Å². The summed E-state index contributed by atoms with van der Waals surface area (Å²) in [6, 6.07) is 10.8. The first-order valence-electron chi connectivity index (χ1n) is 12.1. The molecule has 0 saturated carbocycles. The van der Waals surface area contributed by atoms with Crippen molar-refractivity contribution in [1.82, 2.24) is 14.9 Å². The van der Waals surface area contributed by atoms with Gasteiger partial charge in [-0.1, -0.05) is 36.4 Å². The lowest BCUT2D eigenvalue weighted by molar-refractivity contribution is 0.0993. The smallest absolute Gasteiger partial charge is 0.169 e. The number of hydrogen-bond acceptors (Lipinski definition) is 5. The highest BCUT2D eigenvalue weighted by atomic mass is 32.1. The van der Waals surface area contributed by atoms with Crippen LogP contribution >= 0.6 is 11.3 Å². The molecular weight excluding hydrogens is 445 g/mol. The number of benzene rings is 1. The molecule has 1 aromatic carbocycles. The van der Waals surface area contributed by atoms with E-state index in [4.69, 9.17) is 4.98 Å². The number of carbonyl (C=O) groups excluding carboxylic acids is 1. The zero-order valence-corrected chi connectivity index (χ0v) is 20.4. The molecule has 0 bridgehead atoms. The third kappa shape index (κ3) is 5.03. The number of likely N-dealkylation sites (tertiary alicyclic amines) is 1. The largest absolute Gasteiger partial charge is 0.303 e. The van der Waals surface area contributed by atoms with E-state index in [1.807, 2.05) is 30.5 Å². The molecule has 2 aromatic heterocycles. The van der Waals surface area contributed by atoms with Gasteiger partial charge in [0.25, 0.3) is 0 Å². The number of halogens is 1. The van der Waals surface area contributed by atoms with Crippen molar-refractivity contribution in [1.29, 1.82) is 0 Å². The molecule has 4 nitrogen and oxygen atoms in total. The molecule has 1 aliphatic heterocycles. The lowest BCUT2D eigenvalue weighted by atomic mass is 9.88. The average Bonchev–Trinajstić information content (AvgIpc) is 3.30. The van der Waals surface area contributed by atoms with Crippen molar-refractivity contribution >= 4 is 23.2 Å². The van der Waals surface area contributed by atoms with E-state index in [0.29, 0.717) is 25.2 Å². The van der Waals surface area contributed by atoms with Crippen LogP contribution in [0.3, 0.4) is 0 Å². The average molecular weight is 476 g/mol. The molecule has 2 aliphatic rings. The Balaban J connectivity index is 1.35. The van der Waals surface area contributed by atoms with E-state index < -0.39 is 0 Å². The minimum Gasteiger partial charge on any atom is -0.303 e. The fourth-order valence-electron chi connectivity index (χ4n) is 5.08. The zero-order chi connectivity index (χ0) is 23.5. The highest BCUT2D eigenvalue weighted by molar-refractivity contribution is 7.09. The lowest BCUT2D eigenvalue weighted by Crippen LogP contribution is -2.33. The number of aromatic nitrogens is 2. The van der Waals surface area contributed by atoms with Crippen LogP contribution in [0.5, 0.6) is 0 Å². The van der Waals surface area contributed by atoms with Crippen LogP contribution in [0.2, 0.25) is 0 Å². The summed E-state index contributed by atoms with van der Waals surface area (Å²) in [4.78, 5) is 24.7. The van der Waals surface area contributed by atoms with Crippen molar-refractivity contribution in [3.8, 4) is 11.4 Å². The molecule has 5 rings (SSSR count). The van der Waals surface area contributed by atoms with Crippen molar-refractivity contribution in [2.45, 2.75) is 44.9 Å². The van der Waals surface area contributed by atoms with Crippen LogP contribution in [0.4, 0.5) is 4.39 Å². The minimum absolute atomic E-state index is 0.136. The second-order valence-electron chi connectivity index (χ2n) is 9.28. The number of nitrogens with zero attached hydrogens (tertiary/aromatic N) is 3. The van der Waals surface area contributed by atoms with Crippen LogP contribution < -0.4 is 0 Å². The number of aryl methyl sites for hydroxylation is 1. The number of hydrogen-bond donors (Lipinski definition) is 0. The van der Waals surface area contributed by atoms with Crippen molar-refractivity contribution in [2.24, 2.45) is 0 Å². The van der Waals surface area contributed by atoms with Gasteiger partial charge in [0.05, 0.1) is 28.8 Å². The molecule has 176 valence electrons. The van der Waals surface area contributed by atoms with E-state index in [0.717, 1.165) is 71.3 Å². The summed E-state index contributed by atoms with van der Waals surface area (Å²) in [5.74, 6) is 0.696. The van der Waals surface area contributed by atoms with E-state index in [-0.39, 0.29) is 12.5 Å². The monoisotopic (exact) mass is 475 g/mol. The number of pyridine rings is 1. The molecule has 0 atom stereocenters. The number of thiazole rings is 1. The van der Waals surface area contributed by atoms with Crippen LogP contribution in [-0.2, 0) is 6.42 Å². The molecule has 1 saturated heterocycles. The van der Waals surface area contributed by atoms with Gasteiger partial charge in [0, 0.05) is 30.3 Å². The zero-order valence-electron chi connectivity index (χ0n) is 19.6. The predicted molar refractivity (Wildman–Crippen MR) is 136 cm³/mol. The van der Waals surface area contributed by atoms with Crippen molar-refractivity contribution < 1.29 is 9.18 Å². The molecule has 0 spiro atoms. The van der Waals surface area contributed by atoms with Gasteiger partial charge in [-0.05, 0) is 68.0 Å². The lowest BCUT2D eigenvalue weighted by Gasteiger charge is -2.32. The van der Waals surface area contributed by atoms with Gasteiger partial charge in [0.15, 0.2) is 5.78 Å². The number of rotatable bonds is 7. The number of alkyl halides is 1. The van der Waals surface area contributed by atoms with Crippen molar-refractivity contribution in [3.63, 3.8) is 0 Å². The molecule has 0 radical (unpaired) electrons. The number of fused-ring (bicyclic) bond motifs is 1. The van der Waals surface area contributed by atoms with E-state index in [1.165, 1.54) is 5.56 Å². The minimum atomic E-state index is -0.229. The van der Waals surface area contributed by atoms with Gasteiger partial charge >= 0.3 is 0 Å². The Labute approximate surface area is 204 Å². The summed E-state index contributed by atoms with van der Waals surface area (Å²) < 4.78 is 12.5. The van der Waals surface area contributed by atoms with Crippen LogP contribution in [0.15, 0.2) is 41.8 Å². The van der Waals surface area contributed by atoms with Crippen molar-refractivity contribution in [2.75, 3.05) is 26.3 Å².